The number of carboxylic acid groups (broad SMARTS) is 1. The van der Waals surface area contributed by atoms with Crippen LogP contribution in [0.1, 0.15) is 66.7 Å². The van der Waals surface area contributed by atoms with Gasteiger partial charge in [-0.15, -0.1) is 0 Å². The zero-order valence-corrected chi connectivity index (χ0v) is 12.7. The Morgan fingerprint density at radius 3 is 2.39 bits per heavy atom. The molecule has 0 radical (unpaired) electrons. The number of carbonyl (C=O) groups is 1. The van der Waals surface area contributed by atoms with Crippen LogP contribution in [-0.4, -0.2) is 11.1 Å². The van der Waals surface area contributed by atoms with E-state index in [1.54, 1.807) is 0 Å². The van der Waals surface area contributed by atoms with Gasteiger partial charge in [0.2, 0.25) is 0 Å². The molecule has 0 aliphatic heterocycles. The van der Waals surface area contributed by atoms with E-state index >= 15 is 0 Å². The Kier molecular flexibility index (Phi) is 5.24. The minimum Gasteiger partial charge on any atom is -0.481 e. The van der Waals surface area contributed by atoms with E-state index in [9.17, 15) is 9.90 Å². The van der Waals surface area contributed by atoms with Crippen LogP contribution in [-0.2, 0) is 4.79 Å². The van der Waals surface area contributed by atoms with Gasteiger partial charge in [0.05, 0.1) is 5.92 Å². The lowest BCUT2D eigenvalue weighted by molar-refractivity contribution is -0.147. The topological polar surface area (TPSA) is 37.3 Å². The molecule has 0 saturated heterocycles. The highest BCUT2D eigenvalue weighted by atomic mass is 16.4. The maximum Gasteiger partial charge on any atom is 0.306 e. The SMILES string of the molecule is CCCC(C)C1CC(C(C)(C)C)CCC1C(=O)O. The van der Waals surface area contributed by atoms with Crippen LogP contribution in [0.4, 0.5) is 0 Å². The number of hydrogen-bond acceptors (Lipinski definition) is 1. The van der Waals surface area contributed by atoms with Crippen LogP contribution < -0.4 is 0 Å². The second-order valence-electron chi connectivity index (χ2n) is 7.25. The first kappa shape index (κ1) is 15.5. The predicted molar refractivity (Wildman–Crippen MR) is 75.5 cm³/mol. The molecule has 4 atom stereocenters. The molecule has 0 spiro atoms. The maximum absolute atomic E-state index is 11.4. The van der Waals surface area contributed by atoms with Crippen molar-refractivity contribution < 1.29 is 9.90 Å². The van der Waals surface area contributed by atoms with Gasteiger partial charge in [-0.1, -0.05) is 47.5 Å². The molecular formula is C16H30O2. The van der Waals surface area contributed by atoms with Gasteiger partial charge in [0, 0.05) is 0 Å². The van der Waals surface area contributed by atoms with Crippen molar-refractivity contribution in [3.63, 3.8) is 0 Å². The lowest BCUT2D eigenvalue weighted by Crippen LogP contribution is -2.38. The van der Waals surface area contributed by atoms with Gasteiger partial charge >= 0.3 is 5.97 Å². The zero-order valence-electron chi connectivity index (χ0n) is 12.7. The standard InChI is InChI=1S/C16H30O2/c1-6-7-11(2)14-10-12(16(3,4)5)8-9-13(14)15(17)18/h11-14H,6-10H2,1-5H3,(H,17,18). The zero-order chi connectivity index (χ0) is 13.9. The molecular weight excluding hydrogens is 224 g/mol. The van der Waals surface area contributed by atoms with Crippen molar-refractivity contribution in [2.75, 3.05) is 0 Å². The Hall–Kier alpha value is -0.530. The van der Waals surface area contributed by atoms with Gasteiger partial charge in [-0.25, -0.2) is 0 Å². The van der Waals surface area contributed by atoms with Crippen LogP contribution in [0, 0.1) is 29.1 Å². The molecule has 2 nitrogen and oxygen atoms in total. The monoisotopic (exact) mass is 254 g/mol. The highest BCUT2D eigenvalue weighted by molar-refractivity contribution is 5.70. The lowest BCUT2D eigenvalue weighted by Gasteiger charge is -2.42. The second-order valence-corrected chi connectivity index (χ2v) is 7.25. The van der Waals surface area contributed by atoms with Crippen molar-refractivity contribution in [3.05, 3.63) is 0 Å². The van der Waals surface area contributed by atoms with E-state index < -0.39 is 5.97 Å². The Morgan fingerprint density at radius 1 is 1.33 bits per heavy atom. The fourth-order valence-corrected chi connectivity index (χ4v) is 3.60. The first-order valence-electron chi connectivity index (χ1n) is 7.50. The quantitative estimate of drug-likeness (QED) is 0.797. The van der Waals surface area contributed by atoms with Crippen LogP contribution in [0.5, 0.6) is 0 Å². The maximum atomic E-state index is 11.4. The minimum absolute atomic E-state index is 0.106. The van der Waals surface area contributed by atoms with E-state index in [1.165, 1.54) is 0 Å². The summed E-state index contributed by atoms with van der Waals surface area (Å²) in [5.41, 5.74) is 0.313. The molecule has 1 fully saturated rings. The Morgan fingerprint density at radius 2 is 1.94 bits per heavy atom. The molecule has 0 aromatic heterocycles. The summed E-state index contributed by atoms with van der Waals surface area (Å²) >= 11 is 0. The van der Waals surface area contributed by atoms with E-state index in [0.717, 1.165) is 32.1 Å². The van der Waals surface area contributed by atoms with Crippen molar-refractivity contribution in [1.82, 2.24) is 0 Å². The summed E-state index contributed by atoms with van der Waals surface area (Å²) in [6.45, 7) is 11.3. The molecule has 0 bridgehead atoms. The summed E-state index contributed by atoms with van der Waals surface area (Å²) in [6, 6.07) is 0. The Balaban J connectivity index is 2.79. The van der Waals surface area contributed by atoms with Crippen molar-refractivity contribution in [2.45, 2.75) is 66.7 Å². The Bertz CT molecular complexity index is 277. The third-order valence-corrected chi connectivity index (χ3v) is 4.92. The molecule has 18 heavy (non-hydrogen) atoms. The smallest absolute Gasteiger partial charge is 0.306 e. The predicted octanol–water partition coefficient (Wildman–Crippen LogP) is 4.59. The molecule has 0 amide bonds. The molecule has 2 heteroatoms. The first-order chi connectivity index (χ1) is 8.27. The Labute approximate surface area is 112 Å². The second kappa shape index (κ2) is 6.08. The molecule has 1 aliphatic carbocycles. The molecule has 0 heterocycles. The number of carboxylic acids is 1. The van der Waals surface area contributed by atoms with Gasteiger partial charge in [0.1, 0.15) is 0 Å². The molecule has 0 aromatic carbocycles. The molecule has 1 saturated carbocycles. The van der Waals surface area contributed by atoms with E-state index in [0.29, 0.717) is 23.2 Å². The van der Waals surface area contributed by atoms with Crippen LogP contribution >= 0.6 is 0 Å². The lowest BCUT2D eigenvalue weighted by atomic mass is 9.62. The number of hydrogen-bond donors (Lipinski definition) is 1. The summed E-state index contributed by atoms with van der Waals surface area (Å²) < 4.78 is 0. The highest BCUT2D eigenvalue weighted by Crippen LogP contribution is 2.46. The van der Waals surface area contributed by atoms with Gasteiger partial charge in [-0.2, -0.15) is 0 Å². The normalized spacial score (nSPS) is 31.1. The fourth-order valence-electron chi connectivity index (χ4n) is 3.60. The van der Waals surface area contributed by atoms with Crippen molar-refractivity contribution in [2.24, 2.45) is 29.1 Å². The number of aliphatic carboxylic acids is 1. The average molecular weight is 254 g/mol. The fraction of sp³-hybridized carbons (Fsp3) is 0.938. The third kappa shape index (κ3) is 3.73. The number of rotatable bonds is 4. The van der Waals surface area contributed by atoms with E-state index in [4.69, 9.17) is 0 Å². The van der Waals surface area contributed by atoms with Crippen molar-refractivity contribution in [1.29, 1.82) is 0 Å². The summed E-state index contributed by atoms with van der Waals surface area (Å²) in [5.74, 6) is 0.916. The summed E-state index contributed by atoms with van der Waals surface area (Å²) in [5, 5.41) is 9.41. The van der Waals surface area contributed by atoms with Crippen molar-refractivity contribution >= 4 is 5.97 Å². The van der Waals surface area contributed by atoms with E-state index in [2.05, 4.69) is 34.6 Å². The van der Waals surface area contributed by atoms with Gasteiger partial charge in [-0.05, 0) is 42.4 Å². The molecule has 1 rings (SSSR count). The largest absolute Gasteiger partial charge is 0.481 e. The van der Waals surface area contributed by atoms with Crippen molar-refractivity contribution in [3.8, 4) is 0 Å². The van der Waals surface area contributed by atoms with Crippen LogP contribution in [0.3, 0.4) is 0 Å². The van der Waals surface area contributed by atoms with Gasteiger partial charge in [-0.3, -0.25) is 4.79 Å². The molecule has 0 aromatic rings. The molecule has 106 valence electrons. The highest BCUT2D eigenvalue weighted by Gasteiger charge is 2.40. The molecule has 4 unspecified atom stereocenters. The first-order valence-corrected chi connectivity index (χ1v) is 7.50. The van der Waals surface area contributed by atoms with Gasteiger partial charge in [0.25, 0.3) is 0 Å². The van der Waals surface area contributed by atoms with Crippen LogP contribution in [0.15, 0.2) is 0 Å². The summed E-state index contributed by atoms with van der Waals surface area (Å²) in [7, 11) is 0. The summed E-state index contributed by atoms with van der Waals surface area (Å²) in [6.07, 6.45) is 5.36. The molecule has 1 aliphatic rings. The molecule has 1 N–H and O–H groups in total. The van der Waals surface area contributed by atoms with Crippen LogP contribution in [0.25, 0.3) is 0 Å². The van der Waals surface area contributed by atoms with E-state index in [1.807, 2.05) is 0 Å². The summed E-state index contributed by atoms with van der Waals surface area (Å²) in [4.78, 5) is 11.4. The third-order valence-electron chi connectivity index (χ3n) is 4.92. The van der Waals surface area contributed by atoms with Crippen LogP contribution in [0.2, 0.25) is 0 Å². The van der Waals surface area contributed by atoms with E-state index in [-0.39, 0.29) is 5.92 Å². The minimum atomic E-state index is -0.574. The average Bonchev–Trinajstić information content (AvgIpc) is 2.27. The van der Waals surface area contributed by atoms with Gasteiger partial charge in [0.15, 0.2) is 0 Å². The van der Waals surface area contributed by atoms with Gasteiger partial charge < -0.3 is 5.11 Å².